The van der Waals surface area contributed by atoms with Gasteiger partial charge in [-0.1, -0.05) is 36.3 Å². The highest BCUT2D eigenvalue weighted by atomic mass is 16.5. The Morgan fingerprint density at radius 2 is 2.06 bits per heavy atom. The second kappa shape index (κ2) is 9.24. The van der Waals surface area contributed by atoms with Crippen molar-refractivity contribution in [2.24, 2.45) is 17.8 Å². The van der Waals surface area contributed by atoms with Crippen molar-refractivity contribution >= 4 is 25.0 Å². The maximum Gasteiger partial charge on any atom is 0.455 e. The Bertz CT molecular complexity index is 971. The second-order valence-electron chi connectivity index (χ2n) is 9.45. The Balaban J connectivity index is 1.54. The molecule has 0 saturated carbocycles. The summed E-state index contributed by atoms with van der Waals surface area (Å²) in [4.78, 5) is 27.5. The van der Waals surface area contributed by atoms with Gasteiger partial charge in [-0.25, -0.2) is 0 Å². The molecule has 2 saturated heterocycles. The van der Waals surface area contributed by atoms with Gasteiger partial charge < -0.3 is 14.8 Å². The van der Waals surface area contributed by atoms with Crippen LogP contribution in [0.2, 0.25) is 6.32 Å². The SMILES string of the molecule is CCCN1C(=O)[C@@H]2[C@@H](CC(C)=C3[C@@H](CC/C(C)=C/c4cccc(O)c4)OB(O)C[C@@H]32)C1=O. The first-order valence-electron chi connectivity index (χ1n) is 11.6. The average molecular weight is 437 g/mol. The van der Waals surface area contributed by atoms with Crippen molar-refractivity contribution in [3.05, 3.63) is 46.5 Å². The molecule has 32 heavy (non-hydrogen) atoms. The average Bonchev–Trinajstić information content (AvgIpc) is 2.97. The maximum absolute atomic E-state index is 13.1. The molecule has 2 heterocycles. The molecule has 1 aromatic rings. The van der Waals surface area contributed by atoms with Crippen molar-refractivity contribution < 1.29 is 24.4 Å². The van der Waals surface area contributed by atoms with Gasteiger partial charge in [0.2, 0.25) is 11.8 Å². The molecular weight excluding hydrogens is 405 g/mol. The highest BCUT2D eigenvalue weighted by molar-refractivity contribution is 6.43. The van der Waals surface area contributed by atoms with Crippen LogP contribution in [0.25, 0.3) is 6.08 Å². The van der Waals surface area contributed by atoms with Crippen molar-refractivity contribution in [1.29, 1.82) is 0 Å². The van der Waals surface area contributed by atoms with Crippen LogP contribution in [0.3, 0.4) is 0 Å². The number of hydrogen-bond donors (Lipinski definition) is 2. The summed E-state index contributed by atoms with van der Waals surface area (Å²) in [6.07, 6.45) is 4.94. The van der Waals surface area contributed by atoms with E-state index in [9.17, 15) is 19.7 Å². The summed E-state index contributed by atoms with van der Waals surface area (Å²) in [5.74, 6) is -0.721. The Labute approximate surface area is 190 Å². The summed E-state index contributed by atoms with van der Waals surface area (Å²) in [6, 6.07) is 7.12. The molecule has 6 nitrogen and oxygen atoms in total. The molecule has 0 unspecified atom stereocenters. The molecule has 2 N–H and O–H groups in total. The van der Waals surface area contributed by atoms with E-state index in [1.54, 1.807) is 12.1 Å². The van der Waals surface area contributed by atoms with Gasteiger partial charge in [-0.05, 0) is 75.0 Å². The third kappa shape index (κ3) is 4.28. The van der Waals surface area contributed by atoms with Crippen LogP contribution in [0.5, 0.6) is 5.75 Å². The van der Waals surface area contributed by atoms with E-state index in [2.05, 4.69) is 0 Å². The lowest BCUT2D eigenvalue weighted by atomic mass is 9.59. The number of allylic oxidation sites excluding steroid dienone is 2. The number of phenols is 1. The zero-order valence-corrected chi connectivity index (χ0v) is 19.1. The van der Waals surface area contributed by atoms with Crippen molar-refractivity contribution in [1.82, 2.24) is 4.90 Å². The standard InChI is InChI=1S/C25H32BNO5/c1-4-10-27-24(29)19-12-16(3)22-20(23(19)25(27)30)14-26(31)32-21(22)9-8-15(2)11-17-6-5-7-18(28)13-17/h5-7,11,13,19-21,23,28,31H,4,8-10,12,14H2,1-3H3/b15-11+/t19-,20+,21-,23-/m1/s1. The van der Waals surface area contributed by atoms with Gasteiger partial charge in [0.15, 0.2) is 0 Å². The fourth-order valence-corrected chi connectivity index (χ4v) is 5.76. The summed E-state index contributed by atoms with van der Waals surface area (Å²) in [5, 5.41) is 20.2. The van der Waals surface area contributed by atoms with Crippen molar-refractivity contribution in [3.8, 4) is 5.75 Å². The lowest BCUT2D eigenvalue weighted by Crippen LogP contribution is -2.46. The lowest BCUT2D eigenvalue weighted by molar-refractivity contribution is -0.140. The number of fused-ring (bicyclic) bond motifs is 3. The molecule has 1 aliphatic carbocycles. The maximum atomic E-state index is 13.1. The van der Waals surface area contributed by atoms with Crippen molar-refractivity contribution in [3.63, 3.8) is 0 Å². The molecule has 2 amide bonds. The van der Waals surface area contributed by atoms with Gasteiger partial charge >= 0.3 is 7.12 Å². The fourth-order valence-electron chi connectivity index (χ4n) is 5.76. The number of likely N-dealkylation sites (tertiary alicyclic amines) is 1. The van der Waals surface area contributed by atoms with E-state index in [-0.39, 0.29) is 41.4 Å². The molecule has 3 aliphatic rings. The first-order valence-corrected chi connectivity index (χ1v) is 11.6. The quantitative estimate of drug-likeness (QED) is 0.402. The van der Waals surface area contributed by atoms with Crippen LogP contribution >= 0.6 is 0 Å². The lowest BCUT2D eigenvalue weighted by Gasteiger charge is -2.42. The van der Waals surface area contributed by atoms with Gasteiger partial charge in [0.1, 0.15) is 5.75 Å². The van der Waals surface area contributed by atoms with Gasteiger partial charge in [0.05, 0.1) is 17.9 Å². The molecule has 4 atom stereocenters. The van der Waals surface area contributed by atoms with E-state index in [1.165, 1.54) is 4.90 Å². The number of amides is 2. The number of aromatic hydroxyl groups is 1. The molecule has 2 aliphatic heterocycles. The zero-order valence-electron chi connectivity index (χ0n) is 19.1. The number of carbonyl (C=O) groups excluding carboxylic acids is 2. The number of benzene rings is 1. The minimum atomic E-state index is -0.932. The van der Waals surface area contributed by atoms with Gasteiger partial charge in [-0.15, -0.1) is 0 Å². The highest BCUT2D eigenvalue weighted by Gasteiger charge is 2.56. The second-order valence-corrected chi connectivity index (χ2v) is 9.45. The van der Waals surface area contributed by atoms with Gasteiger partial charge in [0.25, 0.3) is 0 Å². The minimum Gasteiger partial charge on any atom is -0.508 e. The topological polar surface area (TPSA) is 87.1 Å². The molecule has 2 fully saturated rings. The Kier molecular flexibility index (Phi) is 6.58. The Hall–Kier alpha value is -2.38. The van der Waals surface area contributed by atoms with Crippen molar-refractivity contribution in [2.75, 3.05) is 6.54 Å². The predicted octanol–water partition coefficient (Wildman–Crippen LogP) is 3.80. The van der Waals surface area contributed by atoms with Crippen LogP contribution in [0.1, 0.15) is 52.0 Å². The number of carbonyl (C=O) groups is 2. The van der Waals surface area contributed by atoms with E-state index in [1.807, 2.05) is 39.0 Å². The number of rotatable bonds is 6. The van der Waals surface area contributed by atoms with Gasteiger partial charge in [-0.3, -0.25) is 14.5 Å². The van der Waals surface area contributed by atoms with E-state index < -0.39 is 7.12 Å². The zero-order chi connectivity index (χ0) is 23.0. The van der Waals surface area contributed by atoms with Crippen LogP contribution in [0, 0.1) is 17.8 Å². The van der Waals surface area contributed by atoms with Crippen LogP contribution in [-0.2, 0) is 14.2 Å². The monoisotopic (exact) mass is 437 g/mol. The largest absolute Gasteiger partial charge is 0.508 e. The molecular formula is C25H32BNO5. The smallest absolute Gasteiger partial charge is 0.455 e. The molecule has 4 rings (SSSR count). The summed E-state index contributed by atoms with van der Waals surface area (Å²) in [5.41, 5.74) is 4.32. The Morgan fingerprint density at radius 3 is 2.78 bits per heavy atom. The molecule has 7 heteroatoms. The summed E-state index contributed by atoms with van der Waals surface area (Å²) in [7, 11) is -0.932. The third-order valence-electron chi connectivity index (χ3n) is 7.07. The molecule has 170 valence electrons. The predicted molar refractivity (Wildman–Crippen MR) is 123 cm³/mol. The van der Waals surface area contributed by atoms with E-state index in [0.29, 0.717) is 25.7 Å². The van der Waals surface area contributed by atoms with E-state index in [4.69, 9.17) is 4.65 Å². The molecule has 0 bridgehead atoms. The third-order valence-corrected chi connectivity index (χ3v) is 7.07. The first kappa shape index (κ1) is 22.8. The van der Waals surface area contributed by atoms with Crippen LogP contribution in [0.15, 0.2) is 41.0 Å². The van der Waals surface area contributed by atoms with Crippen molar-refractivity contribution in [2.45, 2.75) is 58.9 Å². The van der Waals surface area contributed by atoms with Gasteiger partial charge in [-0.2, -0.15) is 0 Å². The summed E-state index contributed by atoms with van der Waals surface area (Å²) >= 11 is 0. The summed E-state index contributed by atoms with van der Waals surface area (Å²) in [6.45, 7) is 6.52. The normalized spacial score (nSPS) is 28.3. The first-order chi connectivity index (χ1) is 15.3. The highest BCUT2D eigenvalue weighted by Crippen LogP contribution is 2.50. The van der Waals surface area contributed by atoms with Crippen LogP contribution < -0.4 is 0 Å². The minimum absolute atomic E-state index is 0.0531. The van der Waals surface area contributed by atoms with E-state index >= 15 is 0 Å². The fraction of sp³-hybridized carbons (Fsp3) is 0.520. The molecule has 0 radical (unpaired) electrons. The molecule has 1 aromatic carbocycles. The number of hydrogen-bond acceptors (Lipinski definition) is 5. The van der Waals surface area contributed by atoms with Gasteiger partial charge in [0, 0.05) is 6.54 Å². The number of phenolic OH excluding ortho intramolecular Hbond substituents is 1. The number of imide groups is 1. The van der Waals surface area contributed by atoms with Crippen LogP contribution in [-0.4, -0.2) is 46.6 Å². The number of nitrogens with zero attached hydrogens (tertiary/aromatic N) is 1. The Morgan fingerprint density at radius 1 is 1.28 bits per heavy atom. The van der Waals surface area contributed by atoms with Crippen LogP contribution in [0.4, 0.5) is 0 Å². The van der Waals surface area contributed by atoms with E-state index in [0.717, 1.165) is 35.1 Å². The molecule has 0 aromatic heterocycles. The summed E-state index contributed by atoms with van der Waals surface area (Å²) < 4.78 is 5.95. The molecule has 0 spiro atoms.